The van der Waals surface area contributed by atoms with Crippen molar-refractivity contribution in [1.29, 1.82) is 0 Å². The molecule has 0 saturated carbocycles. The van der Waals surface area contributed by atoms with Crippen molar-refractivity contribution in [1.82, 2.24) is 14.4 Å². The van der Waals surface area contributed by atoms with E-state index in [4.69, 9.17) is 5.73 Å². The van der Waals surface area contributed by atoms with Crippen molar-refractivity contribution in [2.24, 2.45) is 0 Å². The van der Waals surface area contributed by atoms with Gasteiger partial charge in [0.25, 0.3) is 0 Å². The maximum absolute atomic E-state index is 5.76. The Morgan fingerprint density at radius 3 is 2.79 bits per heavy atom. The smallest absolute Gasteiger partial charge is 0.157 e. The van der Waals surface area contributed by atoms with Gasteiger partial charge in [-0.15, -0.1) is 0 Å². The van der Waals surface area contributed by atoms with Crippen molar-refractivity contribution in [2.75, 3.05) is 23.7 Å². The average Bonchev–Trinajstić information content (AvgIpc) is 2.45. The first-order valence-corrected chi connectivity index (χ1v) is 4.68. The van der Waals surface area contributed by atoms with Gasteiger partial charge in [0.2, 0.25) is 0 Å². The molecule has 0 unspecified atom stereocenters. The number of fused-ring (bicyclic) bond motifs is 1. The lowest BCUT2D eigenvalue weighted by Crippen LogP contribution is -2.37. The number of nitrogen functional groups attached to an aromatic ring is 1. The van der Waals surface area contributed by atoms with Crippen LogP contribution in [-0.4, -0.2) is 27.5 Å². The van der Waals surface area contributed by atoms with Gasteiger partial charge in [-0.1, -0.05) is 0 Å². The highest BCUT2D eigenvalue weighted by Gasteiger charge is 2.16. The molecule has 0 atom stereocenters. The second kappa shape index (κ2) is 2.60. The summed E-state index contributed by atoms with van der Waals surface area (Å²) < 4.78 is 1.86. The van der Waals surface area contributed by atoms with Crippen LogP contribution < -0.4 is 10.6 Å². The predicted octanol–water partition coefficient (Wildman–Crippen LogP) is 0.522. The highest BCUT2D eigenvalue weighted by atomic mass is 15.2. The van der Waals surface area contributed by atoms with Crippen LogP contribution in [0.4, 0.5) is 11.6 Å². The minimum Gasteiger partial charge on any atom is -0.383 e. The van der Waals surface area contributed by atoms with Crippen molar-refractivity contribution in [3.63, 3.8) is 0 Å². The maximum atomic E-state index is 5.76. The van der Waals surface area contributed by atoms with Crippen molar-refractivity contribution < 1.29 is 0 Å². The number of nitrogens with zero attached hydrogens (tertiary/aromatic N) is 4. The van der Waals surface area contributed by atoms with E-state index in [1.807, 2.05) is 10.6 Å². The number of hydrogen-bond donors (Lipinski definition) is 1. The van der Waals surface area contributed by atoms with Gasteiger partial charge in [-0.3, -0.25) is 4.40 Å². The second-order valence-corrected chi connectivity index (χ2v) is 3.50. The Kier molecular flexibility index (Phi) is 1.41. The van der Waals surface area contributed by atoms with Gasteiger partial charge in [0, 0.05) is 13.1 Å². The van der Waals surface area contributed by atoms with E-state index in [1.54, 1.807) is 12.4 Å². The fraction of sp³-hybridized carbons (Fsp3) is 0.333. The Morgan fingerprint density at radius 1 is 1.21 bits per heavy atom. The molecule has 1 saturated heterocycles. The van der Waals surface area contributed by atoms with Crippen LogP contribution in [0.25, 0.3) is 5.65 Å². The van der Waals surface area contributed by atoms with Gasteiger partial charge < -0.3 is 10.6 Å². The molecule has 0 bridgehead atoms. The topological polar surface area (TPSA) is 59.5 Å². The molecule has 0 amide bonds. The Hall–Kier alpha value is -1.78. The average molecular weight is 189 g/mol. The first-order chi connectivity index (χ1) is 6.84. The van der Waals surface area contributed by atoms with Crippen molar-refractivity contribution in [3.05, 3.63) is 18.6 Å². The maximum Gasteiger partial charge on any atom is 0.157 e. The molecule has 1 aliphatic rings. The Bertz CT molecular complexity index is 471. The van der Waals surface area contributed by atoms with Crippen LogP contribution >= 0.6 is 0 Å². The van der Waals surface area contributed by atoms with Gasteiger partial charge in [0.05, 0.1) is 18.6 Å². The fourth-order valence-electron chi connectivity index (χ4n) is 1.61. The molecule has 72 valence electrons. The molecule has 0 radical (unpaired) electrons. The first kappa shape index (κ1) is 7.61. The number of aromatic nitrogens is 3. The lowest BCUT2D eigenvalue weighted by Gasteiger charge is -2.31. The van der Waals surface area contributed by atoms with Gasteiger partial charge >= 0.3 is 0 Å². The summed E-state index contributed by atoms with van der Waals surface area (Å²) in [7, 11) is 0. The summed E-state index contributed by atoms with van der Waals surface area (Å²) in [6.45, 7) is 2.18. The number of rotatable bonds is 1. The summed E-state index contributed by atoms with van der Waals surface area (Å²) in [5, 5.41) is 0. The van der Waals surface area contributed by atoms with Gasteiger partial charge in [0.15, 0.2) is 5.65 Å². The van der Waals surface area contributed by atoms with Crippen LogP contribution in [0.1, 0.15) is 6.42 Å². The van der Waals surface area contributed by atoms with Crippen LogP contribution in [0, 0.1) is 0 Å². The molecule has 2 N–H and O–H groups in total. The third-order valence-electron chi connectivity index (χ3n) is 2.59. The van der Waals surface area contributed by atoms with Crippen LogP contribution in [0.2, 0.25) is 0 Å². The second-order valence-electron chi connectivity index (χ2n) is 3.50. The normalized spacial score (nSPS) is 15.9. The third kappa shape index (κ3) is 0.951. The molecular weight excluding hydrogens is 178 g/mol. The van der Waals surface area contributed by atoms with Crippen LogP contribution in [0.5, 0.6) is 0 Å². The molecule has 1 aliphatic heterocycles. The first-order valence-electron chi connectivity index (χ1n) is 4.68. The molecule has 0 aromatic carbocycles. The van der Waals surface area contributed by atoms with Gasteiger partial charge in [-0.25, -0.2) is 9.97 Å². The quantitative estimate of drug-likeness (QED) is 0.710. The molecule has 3 rings (SSSR count). The highest BCUT2D eigenvalue weighted by molar-refractivity contribution is 5.51. The van der Waals surface area contributed by atoms with E-state index in [-0.39, 0.29) is 0 Å². The fourth-order valence-corrected chi connectivity index (χ4v) is 1.61. The lowest BCUT2D eigenvalue weighted by atomic mass is 10.2. The molecule has 2 aromatic heterocycles. The van der Waals surface area contributed by atoms with E-state index in [2.05, 4.69) is 14.9 Å². The summed E-state index contributed by atoms with van der Waals surface area (Å²) in [6.07, 6.45) is 6.59. The van der Waals surface area contributed by atoms with Crippen molar-refractivity contribution in [2.45, 2.75) is 6.42 Å². The van der Waals surface area contributed by atoms with E-state index in [1.165, 1.54) is 6.42 Å². The summed E-state index contributed by atoms with van der Waals surface area (Å²) in [6, 6.07) is 0. The molecule has 3 heterocycles. The summed E-state index contributed by atoms with van der Waals surface area (Å²) in [5.41, 5.74) is 6.56. The lowest BCUT2D eigenvalue weighted by molar-refractivity contribution is 0.608. The number of anilines is 2. The Balaban J connectivity index is 2.13. The number of hydrogen-bond acceptors (Lipinski definition) is 4. The van der Waals surface area contributed by atoms with Crippen LogP contribution in [0.3, 0.4) is 0 Å². The Labute approximate surface area is 81.2 Å². The zero-order chi connectivity index (χ0) is 9.54. The zero-order valence-electron chi connectivity index (χ0n) is 7.72. The number of imidazole rings is 1. The Morgan fingerprint density at radius 2 is 2.07 bits per heavy atom. The zero-order valence-corrected chi connectivity index (χ0v) is 7.72. The molecule has 0 spiro atoms. The van der Waals surface area contributed by atoms with E-state index in [9.17, 15) is 0 Å². The minimum atomic E-state index is 0.657. The SMILES string of the molecule is Nc1cnc2cnc(N3CCC3)cn12. The van der Waals surface area contributed by atoms with E-state index >= 15 is 0 Å². The molecule has 0 aliphatic carbocycles. The predicted molar refractivity (Wildman–Crippen MR) is 54.2 cm³/mol. The highest BCUT2D eigenvalue weighted by Crippen LogP contribution is 2.19. The van der Waals surface area contributed by atoms with Crippen molar-refractivity contribution in [3.8, 4) is 0 Å². The largest absolute Gasteiger partial charge is 0.383 e. The van der Waals surface area contributed by atoms with Gasteiger partial charge in [-0.05, 0) is 6.42 Å². The molecule has 14 heavy (non-hydrogen) atoms. The van der Waals surface area contributed by atoms with E-state index < -0.39 is 0 Å². The van der Waals surface area contributed by atoms with Crippen molar-refractivity contribution >= 4 is 17.3 Å². The monoisotopic (exact) mass is 189 g/mol. The van der Waals surface area contributed by atoms with Gasteiger partial charge in [-0.2, -0.15) is 0 Å². The summed E-state index contributed by atoms with van der Waals surface area (Å²) >= 11 is 0. The molecule has 1 fully saturated rings. The van der Waals surface area contributed by atoms with Crippen LogP contribution in [-0.2, 0) is 0 Å². The molecule has 5 heteroatoms. The number of nitrogens with two attached hydrogens (primary N) is 1. The standard InChI is InChI=1S/C9H11N5/c10-7-4-11-8-5-12-9(6-14(7)8)13-2-1-3-13/h4-6H,1-3,10H2. The summed E-state index contributed by atoms with van der Waals surface area (Å²) in [5.74, 6) is 1.64. The molecular formula is C9H11N5. The molecule has 2 aromatic rings. The van der Waals surface area contributed by atoms with E-state index in [0.29, 0.717) is 5.82 Å². The van der Waals surface area contributed by atoms with Gasteiger partial charge in [0.1, 0.15) is 11.6 Å². The molecule has 5 nitrogen and oxygen atoms in total. The minimum absolute atomic E-state index is 0.657. The summed E-state index contributed by atoms with van der Waals surface area (Å²) in [4.78, 5) is 10.7. The van der Waals surface area contributed by atoms with Crippen LogP contribution in [0.15, 0.2) is 18.6 Å². The van der Waals surface area contributed by atoms with E-state index in [0.717, 1.165) is 24.6 Å². The third-order valence-corrected chi connectivity index (χ3v) is 2.59.